The van der Waals surface area contributed by atoms with E-state index in [4.69, 9.17) is 10.2 Å². The van der Waals surface area contributed by atoms with Crippen LogP contribution in [0.5, 0.6) is 0 Å². The van der Waals surface area contributed by atoms with E-state index < -0.39 is 0 Å². The van der Waals surface area contributed by atoms with Gasteiger partial charge in [0.05, 0.1) is 19.3 Å². The maximum absolute atomic E-state index is 9.62. The minimum absolute atomic E-state index is 0.114. The van der Waals surface area contributed by atoms with Gasteiger partial charge in [-0.15, -0.1) is 0 Å². The van der Waals surface area contributed by atoms with Crippen LogP contribution in [0.15, 0.2) is 0 Å². The summed E-state index contributed by atoms with van der Waals surface area (Å²) in [7, 11) is 0. The van der Waals surface area contributed by atoms with E-state index in [1.54, 1.807) is 0 Å². The number of rotatable bonds is 6. The topological polar surface area (TPSA) is 63.9 Å². The van der Waals surface area contributed by atoms with Crippen LogP contribution in [0.1, 0.15) is 19.3 Å². The van der Waals surface area contributed by atoms with Crippen LogP contribution in [0.4, 0.5) is 0 Å². The lowest BCUT2D eigenvalue weighted by Gasteiger charge is -2.25. The molecule has 4 nitrogen and oxygen atoms in total. The van der Waals surface area contributed by atoms with Gasteiger partial charge in [-0.05, 0) is 18.8 Å². The number of hydrogen-bond acceptors (Lipinski definition) is 4. The van der Waals surface area contributed by atoms with Crippen LogP contribution >= 0.6 is 0 Å². The van der Waals surface area contributed by atoms with Crippen molar-refractivity contribution in [3.8, 4) is 0 Å². The summed E-state index contributed by atoms with van der Waals surface area (Å²) in [5, 5.41) is 27.3. The van der Waals surface area contributed by atoms with Crippen LogP contribution in [0.25, 0.3) is 0 Å². The molecule has 2 atom stereocenters. The highest BCUT2D eigenvalue weighted by Crippen LogP contribution is 2.26. The molecule has 1 rings (SSSR count). The molecule has 0 aliphatic heterocycles. The van der Waals surface area contributed by atoms with Crippen molar-refractivity contribution in [3.05, 3.63) is 0 Å². The molecular formula is C10H21NO3. The summed E-state index contributed by atoms with van der Waals surface area (Å²) < 4.78 is 0. The van der Waals surface area contributed by atoms with Crippen LogP contribution < -0.4 is 0 Å². The zero-order valence-corrected chi connectivity index (χ0v) is 8.60. The van der Waals surface area contributed by atoms with Crippen molar-refractivity contribution < 1.29 is 15.3 Å². The first-order chi connectivity index (χ1) is 6.77. The highest BCUT2D eigenvalue weighted by Gasteiger charge is 2.26. The standard InChI is InChI=1S/C10H21NO3/c12-6-4-11(5-7-13)8-9-2-1-3-10(9)14/h9-10,12-14H,1-8H2. The van der Waals surface area contributed by atoms with E-state index >= 15 is 0 Å². The minimum Gasteiger partial charge on any atom is -0.395 e. The summed E-state index contributed by atoms with van der Waals surface area (Å²) in [4.78, 5) is 2.01. The quantitative estimate of drug-likeness (QED) is 0.541. The Kier molecular flexibility index (Phi) is 5.40. The normalized spacial score (nSPS) is 27.4. The Hall–Kier alpha value is -0.160. The lowest BCUT2D eigenvalue weighted by atomic mass is 10.1. The molecule has 0 aromatic heterocycles. The molecule has 1 saturated carbocycles. The van der Waals surface area contributed by atoms with Crippen molar-refractivity contribution in [3.63, 3.8) is 0 Å². The van der Waals surface area contributed by atoms with Crippen molar-refractivity contribution in [2.45, 2.75) is 25.4 Å². The Morgan fingerprint density at radius 2 is 1.71 bits per heavy atom. The first-order valence-electron chi connectivity index (χ1n) is 5.40. The fourth-order valence-electron chi connectivity index (χ4n) is 2.14. The molecule has 0 aromatic carbocycles. The maximum atomic E-state index is 9.62. The molecule has 0 radical (unpaired) electrons. The third-order valence-corrected chi connectivity index (χ3v) is 2.94. The summed E-state index contributed by atoms with van der Waals surface area (Å²) in [6.45, 7) is 2.20. The maximum Gasteiger partial charge on any atom is 0.0580 e. The first-order valence-corrected chi connectivity index (χ1v) is 5.40. The second-order valence-corrected chi connectivity index (χ2v) is 4.01. The number of nitrogens with zero attached hydrogens (tertiary/aromatic N) is 1. The van der Waals surface area contributed by atoms with Gasteiger partial charge in [0.1, 0.15) is 0 Å². The molecule has 0 bridgehead atoms. The minimum atomic E-state index is -0.185. The van der Waals surface area contributed by atoms with Gasteiger partial charge in [0.15, 0.2) is 0 Å². The summed E-state index contributed by atoms with van der Waals surface area (Å²) in [5.41, 5.74) is 0. The van der Waals surface area contributed by atoms with E-state index in [2.05, 4.69) is 0 Å². The van der Waals surface area contributed by atoms with E-state index in [1.807, 2.05) is 4.90 Å². The molecule has 14 heavy (non-hydrogen) atoms. The summed E-state index contributed by atoms with van der Waals surface area (Å²) in [5.74, 6) is 0.327. The second kappa shape index (κ2) is 6.35. The SMILES string of the molecule is OCCN(CCO)CC1CCCC1O. The van der Waals surface area contributed by atoms with Crippen molar-refractivity contribution in [1.29, 1.82) is 0 Å². The van der Waals surface area contributed by atoms with Gasteiger partial charge in [0.2, 0.25) is 0 Å². The van der Waals surface area contributed by atoms with Gasteiger partial charge in [0.25, 0.3) is 0 Å². The Labute approximate surface area is 85.2 Å². The predicted molar refractivity (Wildman–Crippen MR) is 54.0 cm³/mol. The van der Waals surface area contributed by atoms with E-state index in [1.165, 1.54) is 0 Å². The van der Waals surface area contributed by atoms with Gasteiger partial charge in [-0.3, -0.25) is 4.90 Å². The number of aliphatic hydroxyl groups excluding tert-OH is 3. The van der Waals surface area contributed by atoms with Gasteiger partial charge in [0, 0.05) is 19.6 Å². The van der Waals surface area contributed by atoms with Crippen molar-refractivity contribution >= 4 is 0 Å². The zero-order valence-electron chi connectivity index (χ0n) is 8.60. The molecule has 1 aliphatic rings. The summed E-state index contributed by atoms with van der Waals surface area (Å²) in [6.07, 6.45) is 2.87. The van der Waals surface area contributed by atoms with Gasteiger partial charge in [-0.2, -0.15) is 0 Å². The third kappa shape index (κ3) is 3.53. The Bertz CT molecular complexity index is 148. The van der Waals surface area contributed by atoms with Crippen molar-refractivity contribution in [2.24, 2.45) is 5.92 Å². The molecule has 1 fully saturated rings. The monoisotopic (exact) mass is 203 g/mol. The highest BCUT2D eigenvalue weighted by atomic mass is 16.3. The average molecular weight is 203 g/mol. The largest absolute Gasteiger partial charge is 0.395 e. The fraction of sp³-hybridized carbons (Fsp3) is 1.00. The van der Waals surface area contributed by atoms with Gasteiger partial charge < -0.3 is 15.3 Å². The Morgan fingerprint density at radius 3 is 2.14 bits per heavy atom. The molecule has 4 heteroatoms. The van der Waals surface area contributed by atoms with Gasteiger partial charge in [-0.25, -0.2) is 0 Å². The highest BCUT2D eigenvalue weighted by molar-refractivity contribution is 4.79. The molecular weight excluding hydrogens is 182 g/mol. The molecule has 0 spiro atoms. The summed E-state index contributed by atoms with van der Waals surface area (Å²) in [6, 6.07) is 0. The summed E-state index contributed by atoms with van der Waals surface area (Å²) >= 11 is 0. The van der Waals surface area contributed by atoms with E-state index in [-0.39, 0.29) is 19.3 Å². The first kappa shape index (κ1) is 11.9. The van der Waals surface area contributed by atoms with E-state index in [9.17, 15) is 5.11 Å². The average Bonchev–Trinajstić information content (AvgIpc) is 2.53. The van der Waals surface area contributed by atoms with Gasteiger partial charge >= 0.3 is 0 Å². The molecule has 0 heterocycles. The lowest BCUT2D eigenvalue weighted by molar-refractivity contribution is 0.0852. The second-order valence-electron chi connectivity index (χ2n) is 4.01. The molecule has 0 saturated heterocycles. The Balaban J connectivity index is 2.29. The molecule has 84 valence electrons. The zero-order chi connectivity index (χ0) is 10.4. The van der Waals surface area contributed by atoms with Crippen LogP contribution in [-0.4, -0.2) is 59.2 Å². The lowest BCUT2D eigenvalue weighted by Crippen LogP contribution is -2.36. The Morgan fingerprint density at radius 1 is 1.07 bits per heavy atom. The van der Waals surface area contributed by atoms with E-state index in [0.29, 0.717) is 19.0 Å². The molecule has 1 aliphatic carbocycles. The van der Waals surface area contributed by atoms with Crippen LogP contribution in [0.3, 0.4) is 0 Å². The molecule has 2 unspecified atom stereocenters. The van der Waals surface area contributed by atoms with Crippen LogP contribution in [-0.2, 0) is 0 Å². The smallest absolute Gasteiger partial charge is 0.0580 e. The number of aliphatic hydroxyl groups is 3. The third-order valence-electron chi connectivity index (χ3n) is 2.94. The molecule has 0 amide bonds. The van der Waals surface area contributed by atoms with Crippen molar-refractivity contribution in [2.75, 3.05) is 32.8 Å². The predicted octanol–water partition coefficient (Wildman–Crippen LogP) is -0.566. The molecule has 3 N–H and O–H groups in total. The van der Waals surface area contributed by atoms with Gasteiger partial charge in [-0.1, -0.05) is 6.42 Å². The number of hydrogen-bond donors (Lipinski definition) is 3. The van der Waals surface area contributed by atoms with E-state index in [0.717, 1.165) is 25.8 Å². The van der Waals surface area contributed by atoms with Crippen LogP contribution in [0, 0.1) is 5.92 Å². The van der Waals surface area contributed by atoms with Crippen LogP contribution in [0.2, 0.25) is 0 Å². The molecule has 0 aromatic rings. The van der Waals surface area contributed by atoms with Crippen molar-refractivity contribution in [1.82, 2.24) is 4.90 Å². The fourth-order valence-corrected chi connectivity index (χ4v) is 2.14.